The molecule has 1 heterocycles. The van der Waals surface area contributed by atoms with Crippen molar-refractivity contribution in [2.75, 3.05) is 13.1 Å². The van der Waals surface area contributed by atoms with Crippen molar-refractivity contribution in [2.24, 2.45) is 11.7 Å². The van der Waals surface area contributed by atoms with Crippen molar-refractivity contribution < 1.29 is 0 Å². The molecule has 1 aromatic rings. The van der Waals surface area contributed by atoms with Crippen LogP contribution in [0, 0.1) is 5.92 Å². The summed E-state index contributed by atoms with van der Waals surface area (Å²) in [7, 11) is 0. The number of hydrogen-bond donors (Lipinski definition) is 1. The molecule has 1 aromatic carbocycles. The first-order valence-corrected chi connectivity index (χ1v) is 6.26. The highest BCUT2D eigenvalue weighted by Crippen LogP contribution is 2.23. The SMILES string of the molecule is CC(N)C1CCN(Cc2ccccc2Cl)C1. The Balaban J connectivity index is 1.95. The fourth-order valence-electron chi connectivity index (χ4n) is 2.30. The van der Waals surface area contributed by atoms with Crippen molar-refractivity contribution in [1.29, 1.82) is 0 Å². The molecule has 0 aromatic heterocycles. The maximum atomic E-state index is 6.15. The van der Waals surface area contributed by atoms with E-state index >= 15 is 0 Å². The Labute approximate surface area is 102 Å². The van der Waals surface area contributed by atoms with Crippen LogP contribution < -0.4 is 5.73 Å². The van der Waals surface area contributed by atoms with Crippen LogP contribution in [0.3, 0.4) is 0 Å². The monoisotopic (exact) mass is 238 g/mol. The largest absolute Gasteiger partial charge is 0.328 e. The predicted molar refractivity (Wildman–Crippen MR) is 68.5 cm³/mol. The molecule has 0 spiro atoms. The number of likely N-dealkylation sites (tertiary alicyclic amines) is 1. The summed E-state index contributed by atoms with van der Waals surface area (Å²) in [6.07, 6.45) is 1.21. The predicted octanol–water partition coefficient (Wildman–Crippen LogP) is 2.51. The van der Waals surface area contributed by atoms with E-state index in [4.69, 9.17) is 17.3 Å². The topological polar surface area (TPSA) is 29.3 Å². The molecular weight excluding hydrogens is 220 g/mol. The maximum Gasteiger partial charge on any atom is 0.0451 e. The summed E-state index contributed by atoms with van der Waals surface area (Å²) in [4.78, 5) is 2.44. The lowest BCUT2D eigenvalue weighted by Gasteiger charge is -2.18. The highest BCUT2D eigenvalue weighted by molar-refractivity contribution is 6.31. The Morgan fingerprint density at radius 1 is 1.50 bits per heavy atom. The lowest BCUT2D eigenvalue weighted by Crippen LogP contribution is -2.29. The molecule has 0 amide bonds. The molecule has 2 unspecified atom stereocenters. The highest BCUT2D eigenvalue weighted by Gasteiger charge is 2.25. The highest BCUT2D eigenvalue weighted by atomic mass is 35.5. The van der Waals surface area contributed by atoms with E-state index < -0.39 is 0 Å². The van der Waals surface area contributed by atoms with Gasteiger partial charge in [-0.15, -0.1) is 0 Å². The summed E-state index contributed by atoms with van der Waals surface area (Å²) in [6.45, 7) is 5.28. The number of rotatable bonds is 3. The Hall–Kier alpha value is -0.570. The van der Waals surface area contributed by atoms with Gasteiger partial charge >= 0.3 is 0 Å². The molecule has 1 fully saturated rings. The number of benzene rings is 1. The molecule has 16 heavy (non-hydrogen) atoms. The van der Waals surface area contributed by atoms with Crippen molar-refractivity contribution in [3.8, 4) is 0 Å². The lowest BCUT2D eigenvalue weighted by atomic mass is 10.0. The van der Waals surface area contributed by atoms with E-state index in [0.29, 0.717) is 12.0 Å². The zero-order chi connectivity index (χ0) is 11.5. The normalized spacial score (nSPS) is 23.6. The maximum absolute atomic E-state index is 6.15. The third-order valence-electron chi connectivity index (χ3n) is 3.40. The third kappa shape index (κ3) is 2.76. The van der Waals surface area contributed by atoms with Gasteiger partial charge in [0, 0.05) is 24.2 Å². The molecule has 88 valence electrons. The first-order valence-electron chi connectivity index (χ1n) is 5.88. The summed E-state index contributed by atoms with van der Waals surface area (Å²) in [5.74, 6) is 0.641. The van der Waals surface area contributed by atoms with E-state index in [0.717, 1.165) is 24.7 Å². The van der Waals surface area contributed by atoms with Gasteiger partial charge in [0.1, 0.15) is 0 Å². The van der Waals surface area contributed by atoms with E-state index in [9.17, 15) is 0 Å². The van der Waals surface area contributed by atoms with Gasteiger partial charge < -0.3 is 5.73 Å². The number of hydrogen-bond acceptors (Lipinski definition) is 2. The van der Waals surface area contributed by atoms with E-state index in [1.54, 1.807) is 0 Å². The van der Waals surface area contributed by atoms with Crippen molar-refractivity contribution in [2.45, 2.75) is 25.9 Å². The molecule has 3 heteroatoms. The Kier molecular flexibility index (Phi) is 3.85. The quantitative estimate of drug-likeness (QED) is 0.877. The molecule has 2 atom stereocenters. The Morgan fingerprint density at radius 3 is 2.88 bits per heavy atom. The van der Waals surface area contributed by atoms with E-state index in [1.165, 1.54) is 12.0 Å². The molecule has 1 aliphatic heterocycles. The van der Waals surface area contributed by atoms with Gasteiger partial charge in [-0.3, -0.25) is 4.90 Å². The molecule has 2 N–H and O–H groups in total. The van der Waals surface area contributed by atoms with Crippen molar-refractivity contribution in [1.82, 2.24) is 4.90 Å². The van der Waals surface area contributed by atoms with Crippen LogP contribution in [0.5, 0.6) is 0 Å². The minimum Gasteiger partial charge on any atom is -0.328 e. The second-order valence-corrected chi connectivity index (χ2v) is 5.14. The van der Waals surface area contributed by atoms with Crippen LogP contribution >= 0.6 is 11.6 Å². The third-order valence-corrected chi connectivity index (χ3v) is 3.77. The van der Waals surface area contributed by atoms with Crippen LogP contribution in [-0.2, 0) is 6.54 Å². The van der Waals surface area contributed by atoms with Crippen LogP contribution in [0.2, 0.25) is 5.02 Å². The van der Waals surface area contributed by atoms with Crippen LogP contribution in [0.25, 0.3) is 0 Å². The molecule has 1 aliphatic rings. The number of halogens is 1. The van der Waals surface area contributed by atoms with Crippen molar-refractivity contribution >= 4 is 11.6 Å². The molecule has 0 radical (unpaired) electrons. The molecule has 2 rings (SSSR count). The van der Waals surface area contributed by atoms with Gasteiger partial charge in [-0.05, 0) is 37.4 Å². The Morgan fingerprint density at radius 2 is 2.25 bits per heavy atom. The van der Waals surface area contributed by atoms with Gasteiger partial charge in [0.2, 0.25) is 0 Å². The van der Waals surface area contributed by atoms with Gasteiger partial charge in [0.05, 0.1) is 0 Å². The fourth-order valence-corrected chi connectivity index (χ4v) is 2.50. The number of nitrogens with zero attached hydrogens (tertiary/aromatic N) is 1. The standard InChI is InChI=1S/C13H19ClN2/c1-10(15)11-6-7-16(8-11)9-12-4-2-3-5-13(12)14/h2-5,10-11H,6-9,15H2,1H3. The Bertz CT molecular complexity index is 352. The molecule has 0 aliphatic carbocycles. The van der Waals surface area contributed by atoms with E-state index in [2.05, 4.69) is 17.9 Å². The summed E-state index contributed by atoms with van der Waals surface area (Å²) in [5.41, 5.74) is 7.15. The molecule has 0 bridgehead atoms. The summed E-state index contributed by atoms with van der Waals surface area (Å²) in [5, 5.41) is 0.867. The minimum atomic E-state index is 0.302. The average molecular weight is 239 g/mol. The van der Waals surface area contributed by atoms with Gasteiger partial charge in [-0.2, -0.15) is 0 Å². The minimum absolute atomic E-state index is 0.302. The smallest absolute Gasteiger partial charge is 0.0451 e. The van der Waals surface area contributed by atoms with E-state index in [-0.39, 0.29) is 0 Å². The first kappa shape index (κ1) is 11.9. The van der Waals surface area contributed by atoms with Crippen LogP contribution in [0.4, 0.5) is 0 Å². The summed E-state index contributed by atoms with van der Waals surface area (Å²) in [6, 6.07) is 8.37. The van der Waals surface area contributed by atoms with Gasteiger partial charge in [0.15, 0.2) is 0 Å². The second kappa shape index (κ2) is 5.17. The van der Waals surface area contributed by atoms with Gasteiger partial charge in [-0.25, -0.2) is 0 Å². The fraction of sp³-hybridized carbons (Fsp3) is 0.538. The lowest BCUT2D eigenvalue weighted by molar-refractivity contribution is 0.308. The molecule has 0 saturated carbocycles. The van der Waals surface area contributed by atoms with Crippen molar-refractivity contribution in [3.05, 3.63) is 34.9 Å². The zero-order valence-corrected chi connectivity index (χ0v) is 10.5. The van der Waals surface area contributed by atoms with Gasteiger partial charge in [0.25, 0.3) is 0 Å². The van der Waals surface area contributed by atoms with Gasteiger partial charge in [-0.1, -0.05) is 29.8 Å². The second-order valence-electron chi connectivity index (χ2n) is 4.73. The van der Waals surface area contributed by atoms with Crippen molar-refractivity contribution in [3.63, 3.8) is 0 Å². The zero-order valence-electron chi connectivity index (χ0n) is 9.70. The average Bonchev–Trinajstić information content (AvgIpc) is 2.70. The number of nitrogens with two attached hydrogens (primary N) is 1. The first-order chi connectivity index (χ1) is 7.66. The van der Waals surface area contributed by atoms with Crippen LogP contribution in [-0.4, -0.2) is 24.0 Å². The van der Waals surface area contributed by atoms with Crippen LogP contribution in [0.1, 0.15) is 18.9 Å². The summed E-state index contributed by atoms with van der Waals surface area (Å²) < 4.78 is 0. The van der Waals surface area contributed by atoms with E-state index in [1.807, 2.05) is 18.2 Å². The molecule has 2 nitrogen and oxygen atoms in total. The molecular formula is C13H19ClN2. The summed E-state index contributed by atoms with van der Waals surface area (Å²) >= 11 is 6.15. The van der Waals surface area contributed by atoms with Crippen LogP contribution in [0.15, 0.2) is 24.3 Å². The molecule has 1 saturated heterocycles.